The van der Waals surface area contributed by atoms with E-state index >= 15 is 0 Å². The third kappa shape index (κ3) is 3.15. The van der Waals surface area contributed by atoms with E-state index in [1.807, 2.05) is 32.9 Å². The van der Waals surface area contributed by atoms with Crippen molar-refractivity contribution < 1.29 is 4.79 Å². The van der Waals surface area contributed by atoms with Crippen LogP contribution >= 0.6 is 0 Å². The van der Waals surface area contributed by atoms with Crippen molar-refractivity contribution in [2.45, 2.75) is 39.2 Å². The number of urea groups is 1. The molecule has 4 nitrogen and oxygen atoms in total. The maximum atomic E-state index is 11.9. The van der Waals surface area contributed by atoms with Gasteiger partial charge in [0, 0.05) is 23.5 Å². The zero-order chi connectivity index (χ0) is 13.2. The monoisotopic (exact) mass is 247 g/mol. The molecule has 0 saturated carbocycles. The fraction of sp³-hybridized carbons (Fsp3) is 0.500. The molecule has 1 heterocycles. The number of hydrogen-bond donors (Lipinski definition) is 3. The lowest BCUT2D eigenvalue weighted by atomic mass is 10.0. The van der Waals surface area contributed by atoms with E-state index in [-0.39, 0.29) is 11.6 Å². The van der Waals surface area contributed by atoms with Gasteiger partial charge in [0.1, 0.15) is 0 Å². The summed E-state index contributed by atoms with van der Waals surface area (Å²) < 4.78 is 0. The van der Waals surface area contributed by atoms with Crippen LogP contribution in [0.15, 0.2) is 18.2 Å². The average molecular weight is 247 g/mol. The Morgan fingerprint density at radius 1 is 1.33 bits per heavy atom. The van der Waals surface area contributed by atoms with Crippen molar-refractivity contribution in [2.24, 2.45) is 0 Å². The summed E-state index contributed by atoms with van der Waals surface area (Å²) in [5, 5.41) is 9.19. The summed E-state index contributed by atoms with van der Waals surface area (Å²) in [5.74, 6) is 0. The lowest BCUT2D eigenvalue weighted by Crippen LogP contribution is -2.43. The van der Waals surface area contributed by atoms with Gasteiger partial charge in [-0.25, -0.2) is 4.79 Å². The third-order valence-corrected chi connectivity index (χ3v) is 2.83. The second kappa shape index (κ2) is 4.88. The van der Waals surface area contributed by atoms with Crippen LogP contribution in [-0.4, -0.2) is 18.1 Å². The molecule has 0 spiro atoms. The van der Waals surface area contributed by atoms with Crippen LogP contribution in [0.25, 0.3) is 0 Å². The van der Waals surface area contributed by atoms with Crippen molar-refractivity contribution in [1.29, 1.82) is 0 Å². The van der Waals surface area contributed by atoms with Crippen LogP contribution in [0.3, 0.4) is 0 Å². The summed E-state index contributed by atoms with van der Waals surface area (Å²) in [4.78, 5) is 11.9. The standard InChI is InChI=1S/C14H21N3O/c1-14(2,3)17-13(18)16-12-8-4-7-11-10(12)6-5-9-15-11/h4,7-8,15H,5-6,9H2,1-3H3,(H2,16,17,18). The molecule has 3 N–H and O–H groups in total. The van der Waals surface area contributed by atoms with E-state index in [0.29, 0.717) is 0 Å². The Balaban J connectivity index is 2.12. The highest BCUT2D eigenvalue weighted by Crippen LogP contribution is 2.28. The largest absolute Gasteiger partial charge is 0.385 e. The molecule has 1 aromatic rings. The van der Waals surface area contributed by atoms with Gasteiger partial charge in [0.25, 0.3) is 0 Å². The van der Waals surface area contributed by atoms with Gasteiger partial charge >= 0.3 is 6.03 Å². The van der Waals surface area contributed by atoms with Gasteiger partial charge in [-0.2, -0.15) is 0 Å². The number of amides is 2. The van der Waals surface area contributed by atoms with Gasteiger partial charge in [0.05, 0.1) is 0 Å². The highest BCUT2D eigenvalue weighted by atomic mass is 16.2. The number of rotatable bonds is 1. The molecule has 2 amide bonds. The quantitative estimate of drug-likeness (QED) is 0.714. The van der Waals surface area contributed by atoms with Crippen molar-refractivity contribution in [3.05, 3.63) is 23.8 Å². The zero-order valence-electron chi connectivity index (χ0n) is 11.3. The van der Waals surface area contributed by atoms with E-state index in [1.165, 1.54) is 5.56 Å². The summed E-state index contributed by atoms with van der Waals surface area (Å²) in [6, 6.07) is 5.82. The Morgan fingerprint density at radius 2 is 2.11 bits per heavy atom. The van der Waals surface area contributed by atoms with Crippen molar-refractivity contribution in [3.63, 3.8) is 0 Å². The number of fused-ring (bicyclic) bond motifs is 1. The molecule has 0 bridgehead atoms. The van der Waals surface area contributed by atoms with Crippen molar-refractivity contribution in [1.82, 2.24) is 5.32 Å². The van der Waals surface area contributed by atoms with Crippen LogP contribution in [0.1, 0.15) is 32.8 Å². The van der Waals surface area contributed by atoms with Gasteiger partial charge in [-0.05, 0) is 51.3 Å². The number of carbonyl (C=O) groups excluding carboxylic acids is 1. The average Bonchev–Trinajstić information content (AvgIpc) is 2.27. The molecule has 2 rings (SSSR count). The van der Waals surface area contributed by atoms with E-state index in [1.54, 1.807) is 0 Å². The number of nitrogens with one attached hydrogen (secondary N) is 3. The van der Waals surface area contributed by atoms with E-state index in [4.69, 9.17) is 0 Å². The van der Waals surface area contributed by atoms with Gasteiger partial charge in [-0.15, -0.1) is 0 Å². The lowest BCUT2D eigenvalue weighted by molar-refractivity contribution is 0.244. The molecular formula is C14H21N3O. The van der Waals surface area contributed by atoms with Crippen LogP contribution in [0.2, 0.25) is 0 Å². The van der Waals surface area contributed by atoms with E-state index < -0.39 is 0 Å². The summed E-state index contributed by atoms with van der Waals surface area (Å²) >= 11 is 0. The van der Waals surface area contributed by atoms with Crippen LogP contribution in [0.5, 0.6) is 0 Å². The molecule has 18 heavy (non-hydrogen) atoms. The molecular weight excluding hydrogens is 226 g/mol. The normalized spacial score (nSPS) is 14.4. The second-order valence-electron chi connectivity index (χ2n) is 5.69. The lowest BCUT2D eigenvalue weighted by Gasteiger charge is -2.24. The minimum atomic E-state index is -0.225. The maximum Gasteiger partial charge on any atom is 0.319 e. The first-order valence-corrected chi connectivity index (χ1v) is 6.41. The molecule has 0 saturated heterocycles. The first-order chi connectivity index (χ1) is 8.46. The van der Waals surface area contributed by atoms with E-state index in [9.17, 15) is 4.79 Å². The number of carbonyl (C=O) groups is 1. The Bertz CT molecular complexity index is 449. The van der Waals surface area contributed by atoms with Crippen LogP contribution in [0, 0.1) is 0 Å². The van der Waals surface area contributed by atoms with E-state index in [2.05, 4.69) is 22.0 Å². The second-order valence-corrected chi connectivity index (χ2v) is 5.69. The molecule has 0 aliphatic carbocycles. The molecule has 0 atom stereocenters. The first-order valence-electron chi connectivity index (χ1n) is 6.41. The molecule has 98 valence electrons. The summed E-state index contributed by atoms with van der Waals surface area (Å²) in [6.07, 6.45) is 2.11. The fourth-order valence-electron chi connectivity index (χ4n) is 2.12. The van der Waals surface area contributed by atoms with Gasteiger partial charge in [-0.3, -0.25) is 0 Å². The fourth-order valence-corrected chi connectivity index (χ4v) is 2.12. The summed E-state index contributed by atoms with van der Waals surface area (Å²) in [6.45, 7) is 6.91. The SMILES string of the molecule is CC(C)(C)NC(=O)Nc1cccc2c1CCCN2. The highest BCUT2D eigenvalue weighted by Gasteiger charge is 2.17. The zero-order valence-corrected chi connectivity index (χ0v) is 11.3. The maximum absolute atomic E-state index is 11.9. The molecule has 0 fully saturated rings. The van der Waals surface area contributed by atoms with Gasteiger partial charge in [-0.1, -0.05) is 6.07 Å². The predicted octanol–water partition coefficient (Wildman–Crippen LogP) is 2.96. The molecule has 0 aromatic heterocycles. The van der Waals surface area contributed by atoms with E-state index in [0.717, 1.165) is 30.8 Å². The smallest absolute Gasteiger partial charge is 0.319 e. The molecule has 1 aliphatic rings. The number of hydrogen-bond acceptors (Lipinski definition) is 2. The van der Waals surface area contributed by atoms with Gasteiger partial charge in [0.15, 0.2) is 0 Å². The Kier molecular flexibility index (Phi) is 3.45. The topological polar surface area (TPSA) is 53.2 Å². The highest BCUT2D eigenvalue weighted by molar-refractivity contribution is 5.91. The molecule has 0 radical (unpaired) electrons. The molecule has 0 unspecified atom stereocenters. The molecule has 4 heteroatoms. The number of benzene rings is 1. The van der Waals surface area contributed by atoms with Crippen LogP contribution in [0.4, 0.5) is 16.2 Å². The van der Waals surface area contributed by atoms with Crippen LogP contribution in [-0.2, 0) is 6.42 Å². The van der Waals surface area contributed by atoms with Crippen molar-refractivity contribution >= 4 is 17.4 Å². The minimum Gasteiger partial charge on any atom is -0.385 e. The minimum absolute atomic E-state index is 0.151. The summed E-state index contributed by atoms with van der Waals surface area (Å²) in [5.41, 5.74) is 3.01. The Labute approximate surface area is 108 Å². The molecule has 1 aromatic carbocycles. The Hall–Kier alpha value is -1.71. The number of anilines is 2. The molecule has 1 aliphatic heterocycles. The third-order valence-electron chi connectivity index (χ3n) is 2.83. The van der Waals surface area contributed by atoms with Crippen molar-refractivity contribution in [3.8, 4) is 0 Å². The Morgan fingerprint density at radius 3 is 2.83 bits per heavy atom. The summed E-state index contributed by atoms with van der Waals surface area (Å²) in [7, 11) is 0. The predicted molar refractivity (Wildman–Crippen MR) is 75.2 cm³/mol. The van der Waals surface area contributed by atoms with Gasteiger partial charge in [0.2, 0.25) is 0 Å². The van der Waals surface area contributed by atoms with Gasteiger partial charge < -0.3 is 16.0 Å². The van der Waals surface area contributed by atoms with Crippen LogP contribution < -0.4 is 16.0 Å². The first kappa shape index (κ1) is 12.7. The van der Waals surface area contributed by atoms with Crippen molar-refractivity contribution in [2.75, 3.05) is 17.2 Å².